The minimum atomic E-state index is 0. The van der Waals surface area contributed by atoms with Gasteiger partial charge in [0.25, 0.3) is 0 Å². The van der Waals surface area contributed by atoms with Crippen molar-refractivity contribution in [2.24, 2.45) is 5.73 Å². The second kappa shape index (κ2) is 11.3. The smallest absolute Gasteiger partial charge is 0.220 e. The number of benzene rings is 1. The van der Waals surface area contributed by atoms with Crippen LogP contribution in [-0.4, -0.2) is 24.1 Å². The van der Waals surface area contributed by atoms with Gasteiger partial charge in [0.2, 0.25) is 5.91 Å². The third-order valence-corrected chi connectivity index (χ3v) is 3.40. The highest BCUT2D eigenvalue weighted by atomic mass is 35.5. The van der Waals surface area contributed by atoms with Crippen molar-refractivity contribution in [1.82, 2.24) is 5.32 Å². The predicted molar refractivity (Wildman–Crippen MR) is 98.3 cm³/mol. The van der Waals surface area contributed by atoms with Crippen LogP contribution in [0.3, 0.4) is 0 Å². The van der Waals surface area contributed by atoms with E-state index >= 15 is 0 Å². The summed E-state index contributed by atoms with van der Waals surface area (Å²) in [5.41, 5.74) is 6.92. The molecule has 1 aromatic rings. The number of aryl methyl sites for hydroxylation is 1. The number of amides is 1. The molecule has 23 heavy (non-hydrogen) atoms. The summed E-state index contributed by atoms with van der Waals surface area (Å²) in [4.78, 5) is 11.7. The van der Waals surface area contributed by atoms with Crippen LogP contribution in [0.1, 0.15) is 52.5 Å². The van der Waals surface area contributed by atoms with E-state index in [-0.39, 0.29) is 36.5 Å². The first-order valence-corrected chi connectivity index (χ1v) is 8.17. The molecule has 3 N–H and O–H groups in total. The molecule has 0 fully saturated rings. The number of carbonyl (C=O) groups is 1. The largest absolute Gasteiger partial charge is 0.491 e. The lowest BCUT2D eigenvalue weighted by molar-refractivity contribution is -0.121. The predicted octanol–water partition coefficient (Wildman–Crippen LogP) is 3.46. The topological polar surface area (TPSA) is 64.4 Å². The zero-order valence-corrected chi connectivity index (χ0v) is 15.5. The van der Waals surface area contributed by atoms with Crippen LogP contribution in [0.4, 0.5) is 0 Å². The van der Waals surface area contributed by atoms with Gasteiger partial charge in [-0.25, -0.2) is 0 Å². The number of hydrogen-bond donors (Lipinski definition) is 2. The van der Waals surface area contributed by atoms with Crippen LogP contribution in [0, 0.1) is 0 Å². The third-order valence-electron chi connectivity index (χ3n) is 3.40. The van der Waals surface area contributed by atoms with Crippen molar-refractivity contribution < 1.29 is 9.53 Å². The van der Waals surface area contributed by atoms with Gasteiger partial charge in [0, 0.05) is 18.5 Å². The zero-order valence-electron chi connectivity index (χ0n) is 14.7. The number of hydrogen-bond acceptors (Lipinski definition) is 3. The number of halogens is 1. The summed E-state index contributed by atoms with van der Waals surface area (Å²) in [5.74, 6) is 0.987. The molecule has 0 radical (unpaired) electrons. The molecule has 0 aliphatic carbocycles. The molecule has 0 heterocycles. The molecule has 4 nitrogen and oxygen atoms in total. The lowest BCUT2D eigenvalue weighted by Crippen LogP contribution is -2.33. The Hall–Kier alpha value is -1.26. The SMILES string of the molecule is CC(N)CCC(=O)NC(C)CCc1ccc(OC(C)C)cc1.Cl. The standard InChI is InChI=1S/C18H30N2O2.ClH/c1-13(2)22-17-10-8-16(9-11-17)7-6-15(4)20-18(21)12-5-14(3)19;/h8-11,13-15H,5-7,12,19H2,1-4H3,(H,20,21);1H. The molecule has 0 aliphatic rings. The first kappa shape index (κ1) is 21.7. The summed E-state index contributed by atoms with van der Waals surface area (Å²) in [6.07, 6.45) is 3.29. The maximum atomic E-state index is 11.7. The quantitative estimate of drug-likeness (QED) is 0.722. The molecule has 0 saturated carbocycles. The van der Waals surface area contributed by atoms with Crippen LogP contribution in [0.15, 0.2) is 24.3 Å². The van der Waals surface area contributed by atoms with Crippen molar-refractivity contribution in [3.05, 3.63) is 29.8 Å². The monoisotopic (exact) mass is 342 g/mol. The summed E-state index contributed by atoms with van der Waals surface area (Å²) >= 11 is 0. The third kappa shape index (κ3) is 10.2. The van der Waals surface area contributed by atoms with Gasteiger partial charge in [-0.2, -0.15) is 0 Å². The zero-order chi connectivity index (χ0) is 16.5. The highest BCUT2D eigenvalue weighted by molar-refractivity contribution is 5.85. The fourth-order valence-electron chi connectivity index (χ4n) is 2.17. The molecule has 1 aromatic carbocycles. The Labute approximate surface area is 146 Å². The lowest BCUT2D eigenvalue weighted by atomic mass is 10.1. The maximum Gasteiger partial charge on any atom is 0.220 e. The van der Waals surface area contributed by atoms with Crippen LogP contribution >= 0.6 is 12.4 Å². The summed E-state index contributed by atoms with van der Waals surface area (Å²) < 4.78 is 5.63. The fraction of sp³-hybridized carbons (Fsp3) is 0.611. The number of nitrogens with one attached hydrogen (secondary N) is 1. The number of carbonyl (C=O) groups excluding carboxylic acids is 1. The summed E-state index contributed by atoms with van der Waals surface area (Å²) in [6, 6.07) is 8.42. The molecule has 132 valence electrons. The van der Waals surface area contributed by atoms with Crippen molar-refractivity contribution in [3.63, 3.8) is 0 Å². The second-order valence-corrected chi connectivity index (χ2v) is 6.33. The van der Waals surface area contributed by atoms with Gasteiger partial charge in [-0.05, 0) is 64.7 Å². The molecular formula is C18H31ClN2O2. The van der Waals surface area contributed by atoms with E-state index in [9.17, 15) is 4.79 Å². The summed E-state index contributed by atoms with van der Waals surface area (Å²) in [7, 11) is 0. The summed E-state index contributed by atoms with van der Waals surface area (Å²) in [5, 5.41) is 3.02. The van der Waals surface area contributed by atoms with E-state index in [0.29, 0.717) is 6.42 Å². The molecule has 1 rings (SSSR count). The van der Waals surface area contributed by atoms with Crippen LogP contribution < -0.4 is 15.8 Å². The van der Waals surface area contributed by atoms with Gasteiger partial charge in [0.05, 0.1) is 6.10 Å². The van der Waals surface area contributed by atoms with Crippen LogP contribution in [0.2, 0.25) is 0 Å². The molecule has 0 bridgehead atoms. The van der Waals surface area contributed by atoms with Gasteiger partial charge in [0.15, 0.2) is 0 Å². The van der Waals surface area contributed by atoms with Crippen LogP contribution in [0.5, 0.6) is 5.75 Å². The molecule has 2 atom stereocenters. The molecule has 1 amide bonds. The highest BCUT2D eigenvalue weighted by Crippen LogP contribution is 2.15. The Morgan fingerprint density at radius 1 is 1.13 bits per heavy atom. The van der Waals surface area contributed by atoms with Crippen molar-refractivity contribution in [2.45, 2.75) is 71.6 Å². The van der Waals surface area contributed by atoms with Gasteiger partial charge in [-0.3, -0.25) is 4.79 Å². The fourth-order valence-corrected chi connectivity index (χ4v) is 2.17. The van der Waals surface area contributed by atoms with Gasteiger partial charge in [-0.15, -0.1) is 12.4 Å². The molecule has 2 unspecified atom stereocenters. The minimum Gasteiger partial charge on any atom is -0.491 e. The van der Waals surface area contributed by atoms with Crippen molar-refractivity contribution >= 4 is 18.3 Å². The number of nitrogens with two attached hydrogens (primary N) is 1. The van der Waals surface area contributed by atoms with E-state index in [1.54, 1.807) is 0 Å². The average molecular weight is 343 g/mol. The average Bonchev–Trinajstić information content (AvgIpc) is 2.44. The Morgan fingerprint density at radius 3 is 2.26 bits per heavy atom. The number of rotatable bonds is 9. The molecule has 0 saturated heterocycles. The molecule has 0 aliphatic heterocycles. The molecule has 0 spiro atoms. The highest BCUT2D eigenvalue weighted by Gasteiger charge is 2.08. The van der Waals surface area contributed by atoms with Crippen molar-refractivity contribution in [1.29, 1.82) is 0 Å². The first-order valence-electron chi connectivity index (χ1n) is 8.17. The van der Waals surface area contributed by atoms with Crippen LogP contribution in [0.25, 0.3) is 0 Å². The Bertz CT molecular complexity index is 447. The van der Waals surface area contributed by atoms with E-state index in [1.165, 1.54) is 5.56 Å². The van der Waals surface area contributed by atoms with Crippen molar-refractivity contribution in [2.75, 3.05) is 0 Å². The molecular weight excluding hydrogens is 312 g/mol. The van der Waals surface area contributed by atoms with Gasteiger partial charge < -0.3 is 15.8 Å². The second-order valence-electron chi connectivity index (χ2n) is 6.33. The Kier molecular flexibility index (Phi) is 10.7. The van der Waals surface area contributed by atoms with E-state index in [2.05, 4.69) is 17.4 Å². The normalized spacial score (nSPS) is 13.1. The Morgan fingerprint density at radius 2 is 1.74 bits per heavy atom. The van der Waals surface area contributed by atoms with E-state index in [4.69, 9.17) is 10.5 Å². The van der Waals surface area contributed by atoms with Gasteiger partial charge in [-0.1, -0.05) is 12.1 Å². The van der Waals surface area contributed by atoms with E-state index < -0.39 is 0 Å². The first-order chi connectivity index (χ1) is 10.4. The summed E-state index contributed by atoms with van der Waals surface area (Å²) in [6.45, 7) is 8.00. The van der Waals surface area contributed by atoms with E-state index in [1.807, 2.05) is 39.8 Å². The van der Waals surface area contributed by atoms with Gasteiger partial charge in [0.1, 0.15) is 5.75 Å². The van der Waals surface area contributed by atoms with Gasteiger partial charge >= 0.3 is 0 Å². The molecule has 5 heteroatoms. The van der Waals surface area contributed by atoms with Crippen LogP contribution in [-0.2, 0) is 11.2 Å². The van der Waals surface area contributed by atoms with Crippen molar-refractivity contribution in [3.8, 4) is 5.75 Å². The van der Waals surface area contributed by atoms with E-state index in [0.717, 1.165) is 25.0 Å². The molecule has 0 aromatic heterocycles. The number of ether oxygens (including phenoxy) is 1. The maximum absolute atomic E-state index is 11.7. The minimum absolute atomic E-state index is 0. The lowest BCUT2D eigenvalue weighted by Gasteiger charge is -2.15. The Balaban J connectivity index is 0.00000484.